The summed E-state index contributed by atoms with van der Waals surface area (Å²) < 4.78 is 13.7. The van der Waals surface area contributed by atoms with E-state index in [1.165, 1.54) is 6.07 Å². The molecule has 1 aliphatic rings. The summed E-state index contributed by atoms with van der Waals surface area (Å²) in [6.07, 6.45) is 4.07. The van der Waals surface area contributed by atoms with Crippen molar-refractivity contribution in [1.29, 1.82) is 0 Å². The van der Waals surface area contributed by atoms with Crippen LogP contribution in [0.15, 0.2) is 24.3 Å². The summed E-state index contributed by atoms with van der Waals surface area (Å²) in [5, 5.41) is 8.91. The Morgan fingerprint density at radius 3 is 2.71 bits per heavy atom. The van der Waals surface area contributed by atoms with Crippen LogP contribution in [0.4, 0.5) is 4.39 Å². The topological polar surface area (TPSA) is 37.3 Å². The third-order valence-corrected chi connectivity index (χ3v) is 3.65. The highest BCUT2D eigenvalue weighted by atomic mass is 19.1. The normalized spacial score (nSPS) is 24.5. The van der Waals surface area contributed by atoms with E-state index in [9.17, 15) is 9.18 Å². The molecule has 0 bridgehead atoms. The van der Waals surface area contributed by atoms with Crippen LogP contribution >= 0.6 is 0 Å². The highest BCUT2D eigenvalue weighted by Crippen LogP contribution is 2.40. The molecule has 92 valence electrons. The van der Waals surface area contributed by atoms with Crippen molar-refractivity contribution in [3.63, 3.8) is 0 Å². The molecule has 1 saturated carbocycles. The van der Waals surface area contributed by atoms with E-state index in [0.29, 0.717) is 5.56 Å². The smallest absolute Gasteiger partial charge is 0.303 e. The molecule has 3 heteroatoms. The van der Waals surface area contributed by atoms with Gasteiger partial charge in [-0.1, -0.05) is 31.0 Å². The Balaban J connectivity index is 2.21. The minimum atomic E-state index is -0.779. The highest BCUT2D eigenvalue weighted by Gasteiger charge is 2.29. The van der Waals surface area contributed by atoms with E-state index in [1.807, 2.05) is 6.07 Å². The van der Waals surface area contributed by atoms with E-state index >= 15 is 0 Å². The SMILES string of the molecule is O=C(O)CC1CCCCC1c1ccccc1F. The van der Waals surface area contributed by atoms with E-state index in [2.05, 4.69) is 0 Å². The maximum atomic E-state index is 13.7. The molecule has 2 unspecified atom stereocenters. The van der Waals surface area contributed by atoms with E-state index in [1.54, 1.807) is 12.1 Å². The maximum absolute atomic E-state index is 13.7. The number of carbonyl (C=O) groups is 1. The summed E-state index contributed by atoms with van der Waals surface area (Å²) >= 11 is 0. The fraction of sp³-hybridized carbons (Fsp3) is 0.500. The van der Waals surface area contributed by atoms with Gasteiger partial charge in [-0.3, -0.25) is 4.79 Å². The van der Waals surface area contributed by atoms with Crippen molar-refractivity contribution in [3.05, 3.63) is 35.6 Å². The average molecular weight is 236 g/mol. The van der Waals surface area contributed by atoms with Gasteiger partial charge in [0, 0.05) is 6.42 Å². The van der Waals surface area contributed by atoms with Crippen LogP contribution in [-0.4, -0.2) is 11.1 Å². The third-order valence-electron chi connectivity index (χ3n) is 3.65. The van der Waals surface area contributed by atoms with E-state index in [4.69, 9.17) is 5.11 Å². The van der Waals surface area contributed by atoms with Crippen LogP contribution in [0.3, 0.4) is 0 Å². The molecule has 0 amide bonds. The second-order valence-electron chi connectivity index (χ2n) is 4.77. The lowest BCUT2D eigenvalue weighted by atomic mass is 9.74. The molecular weight excluding hydrogens is 219 g/mol. The van der Waals surface area contributed by atoms with Crippen LogP contribution in [0, 0.1) is 11.7 Å². The lowest BCUT2D eigenvalue weighted by molar-refractivity contribution is -0.138. The van der Waals surface area contributed by atoms with Crippen LogP contribution in [0.5, 0.6) is 0 Å². The number of benzene rings is 1. The van der Waals surface area contributed by atoms with Crippen molar-refractivity contribution in [2.24, 2.45) is 5.92 Å². The van der Waals surface area contributed by atoms with Gasteiger partial charge in [0.25, 0.3) is 0 Å². The highest BCUT2D eigenvalue weighted by molar-refractivity contribution is 5.67. The standard InChI is InChI=1S/C14H17FO2/c15-13-8-4-3-7-12(13)11-6-2-1-5-10(11)9-14(16)17/h3-4,7-8,10-11H,1-2,5-6,9H2,(H,16,17). The fourth-order valence-corrected chi connectivity index (χ4v) is 2.86. The zero-order valence-electron chi connectivity index (χ0n) is 9.73. The van der Waals surface area contributed by atoms with Gasteiger partial charge in [0.2, 0.25) is 0 Å². The molecule has 0 radical (unpaired) electrons. The van der Waals surface area contributed by atoms with Crippen LogP contribution in [0.2, 0.25) is 0 Å². The molecule has 2 atom stereocenters. The largest absolute Gasteiger partial charge is 0.481 e. The van der Waals surface area contributed by atoms with Crippen LogP contribution in [0.1, 0.15) is 43.6 Å². The first-order chi connectivity index (χ1) is 8.18. The monoisotopic (exact) mass is 236 g/mol. The number of hydrogen-bond donors (Lipinski definition) is 1. The molecule has 2 rings (SSSR count). The molecule has 0 aromatic heterocycles. The van der Waals surface area contributed by atoms with E-state index < -0.39 is 5.97 Å². The number of hydrogen-bond acceptors (Lipinski definition) is 1. The van der Waals surface area contributed by atoms with Crippen LogP contribution < -0.4 is 0 Å². The van der Waals surface area contributed by atoms with Crippen LogP contribution in [-0.2, 0) is 4.79 Å². The number of carboxylic acids is 1. The number of aliphatic carboxylic acids is 1. The minimum Gasteiger partial charge on any atom is -0.481 e. The first-order valence-corrected chi connectivity index (χ1v) is 6.14. The van der Waals surface area contributed by atoms with Gasteiger partial charge in [-0.15, -0.1) is 0 Å². The molecule has 17 heavy (non-hydrogen) atoms. The Morgan fingerprint density at radius 2 is 2.00 bits per heavy atom. The fourth-order valence-electron chi connectivity index (χ4n) is 2.86. The molecule has 0 aliphatic heterocycles. The first kappa shape index (κ1) is 12.1. The lowest BCUT2D eigenvalue weighted by Gasteiger charge is -2.31. The summed E-state index contributed by atoms with van der Waals surface area (Å²) in [5.41, 5.74) is 0.693. The van der Waals surface area contributed by atoms with Crippen molar-refractivity contribution >= 4 is 5.97 Å². The minimum absolute atomic E-state index is 0.0704. The quantitative estimate of drug-likeness (QED) is 0.871. The Hall–Kier alpha value is -1.38. The van der Waals surface area contributed by atoms with Crippen LogP contribution in [0.25, 0.3) is 0 Å². The van der Waals surface area contributed by atoms with Crippen molar-refractivity contribution in [1.82, 2.24) is 0 Å². The Labute approximate surface area is 100 Å². The second-order valence-corrected chi connectivity index (χ2v) is 4.77. The summed E-state index contributed by atoms with van der Waals surface area (Å²) in [4.78, 5) is 10.8. The molecule has 1 aromatic carbocycles. The zero-order chi connectivity index (χ0) is 12.3. The summed E-state index contributed by atoms with van der Waals surface area (Å²) in [7, 11) is 0. The molecule has 1 aromatic rings. The zero-order valence-corrected chi connectivity index (χ0v) is 9.73. The van der Waals surface area contributed by atoms with Gasteiger partial charge < -0.3 is 5.11 Å². The van der Waals surface area contributed by atoms with Crippen molar-refractivity contribution in [3.8, 4) is 0 Å². The third kappa shape index (κ3) is 2.84. The molecular formula is C14H17FO2. The van der Waals surface area contributed by atoms with Gasteiger partial charge in [-0.2, -0.15) is 0 Å². The molecule has 0 spiro atoms. The number of halogens is 1. The molecule has 0 saturated heterocycles. The van der Waals surface area contributed by atoms with Crippen molar-refractivity contribution < 1.29 is 14.3 Å². The van der Waals surface area contributed by atoms with E-state index in [-0.39, 0.29) is 24.1 Å². The van der Waals surface area contributed by atoms with Crippen molar-refractivity contribution in [2.75, 3.05) is 0 Å². The molecule has 1 fully saturated rings. The molecule has 0 heterocycles. The summed E-state index contributed by atoms with van der Waals surface area (Å²) in [6, 6.07) is 6.75. The molecule has 2 nitrogen and oxygen atoms in total. The van der Waals surface area contributed by atoms with Gasteiger partial charge in [0.15, 0.2) is 0 Å². The van der Waals surface area contributed by atoms with E-state index in [0.717, 1.165) is 25.7 Å². The summed E-state index contributed by atoms with van der Waals surface area (Å²) in [5.74, 6) is -0.827. The van der Waals surface area contributed by atoms with Gasteiger partial charge in [0.05, 0.1) is 0 Å². The maximum Gasteiger partial charge on any atom is 0.303 e. The van der Waals surface area contributed by atoms with Gasteiger partial charge in [0.1, 0.15) is 5.82 Å². The lowest BCUT2D eigenvalue weighted by Crippen LogP contribution is -2.21. The van der Waals surface area contributed by atoms with Crippen molar-refractivity contribution in [2.45, 2.75) is 38.0 Å². The molecule has 1 aliphatic carbocycles. The van der Waals surface area contributed by atoms with Gasteiger partial charge >= 0.3 is 5.97 Å². The Kier molecular flexibility index (Phi) is 3.77. The average Bonchev–Trinajstić information content (AvgIpc) is 2.30. The second kappa shape index (κ2) is 5.30. The number of carboxylic acid groups (broad SMARTS) is 1. The summed E-state index contributed by atoms with van der Waals surface area (Å²) in [6.45, 7) is 0. The van der Waals surface area contributed by atoms with Gasteiger partial charge in [-0.25, -0.2) is 4.39 Å². The molecule has 1 N–H and O–H groups in total. The van der Waals surface area contributed by atoms with Gasteiger partial charge in [-0.05, 0) is 36.3 Å². The Morgan fingerprint density at radius 1 is 1.29 bits per heavy atom. The first-order valence-electron chi connectivity index (χ1n) is 6.14. The Bertz CT molecular complexity index is 403. The predicted molar refractivity (Wildman–Crippen MR) is 63.4 cm³/mol. The number of rotatable bonds is 3. The predicted octanol–water partition coefficient (Wildman–Crippen LogP) is 3.57.